The molecule has 1 unspecified atom stereocenters. The van der Waals surface area contributed by atoms with Gasteiger partial charge in [-0.15, -0.1) is 0 Å². The highest BCUT2D eigenvalue weighted by Gasteiger charge is 2.35. The Balaban J connectivity index is 1.60. The molecule has 0 aromatic carbocycles. The van der Waals surface area contributed by atoms with E-state index in [1.54, 1.807) is 18.5 Å². The van der Waals surface area contributed by atoms with Crippen LogP contribution in [0.15, 0.2) is 37.1 Å². The summed E-state index contributed by atoms with van der Waals surface area (Å²) in [5.74, 6) is 1.07. The minimum Gasteiger partial charge on any atom is -0.351 e. The quantitative estimate of drug-likeness (QED) is 0.711. The van der Waals surface area contributed by atoms with Gasteiger partial charge in [-0.1, -0.05) is 0 Å². The number of aromatic nitrogens is 5. The number of anilines is 2. The van der Waals surface area contributed by atoms with E-state index in [1.165, 1.54) is 16.8 Å². The van der Waals surface area contributed by atoms with Gasteiger partial charge in [-0.05, 0) is 12.5 Å². The summed E-state index contributed by atoms with van der Waals surface area (Å²) >= 11 is 0. The average Bonchev–Trinajstić information content (AvgIpc) is 3.28. The van der Waals surface area contributed by atoms with Gasteiger partial charge in [0.1, 0.15) is 0 Å². The Morgan fingerprint density at radius 3 is 2.65 bits per heavy atom. The maximum atomic E-state index is 13.0. The monoisotopic (exact) mass is 363 g/mol. The first kappa shape index (κ1) is 16.6. The van der Waals surface area contributed by atoms with Crippen LogP contribution in [0.1, 0.15) is 12.1 Å². The molecule has 0 saturated carbocycles. The van der Waals surface area contributed by atoms with Crippen molar-refractivity contribution in [1.29, 1.82) is 0 Å². The fourth-order valence-electron chi connectivity index (χ4n) is 3.15. The number of nitrogens with zero attached hydrogens (tertiary/aromatic N) is 7. The summed E-state index contributed by atoms with van der Waals surface area (Å²) in [7, 11) is 1.91. The second-order valence-corrected chi connectivity index (χ2v) is 6.15. The molecule has 1 saturated heterocycles. The third-order valence-corrected chi connectivity index (χ3v) is 4.53. The highest BCUT2D eigenvalue weighted by atomic mass is 19.4. The normalized spacial score (nSPS) is 17.8. The number of hydrogen-bond acceptors (Lipinski definition) is 6. The summed E-state index contributed by atoms with van der Waals surface area (Å²) in [6, 6.07) is 1.89. The van der Waals surface area contributed by atoms with E-state index in [2.05, 4.69) is 19.9 Å². The predicted molar refractivity (Wildman–Crippen MR) is 89.0 cm³/mol. The molecule has 0 aliphatic carbocycles. The molecular formula is C16H16F3N7. The Kier molecular flexibility index (Phi) is 3.89. The molecule has 0 N–H and O–H groups in total. The molecule has 1 aliphatic rings. The Bertz CT molecular complexity index is 909. The minimum atomic E-state index is -4.48. The second-order valence-electron chi connectivity index (χ2n) is 6.15. The summed E-state index contributed by atoms with van der Waals surface area (Å²) in [4.78, 5) is 20.4. The lowest BCUT2D eigenvalue weighted by molar-refractivity contribution is -0.140. The zero-order valence-electron chi connectivity index (χ0n) is 13.9. The molecular weight excluding hydrogens is 347 g/mol. The van der Waals surface area contributed by atoms with Gasteiger partial charge >= 0.3 is 6.18 Å². The van der Waals surface area contributed by atoms with Gasteiger partial charge in [0.05, 0.1) is 6.04 Å². The molecule has 136 valence electrons. The van der Waals surface area contributed by atoms with E-state index in [0.29, 0.717) is 24.9 Å². The molecule has 1 fully saturated rings. The summed E-state index contributed by atoms with van der Waals surface area (Å²) in [6.07, 6.45) is 3.64. The van der Waals surface area contributed by atoms with Crippen LogP contribution in [0.25, 0.3) is 5.65 Å². The van der Waals surface area contributed by atoms with E-state index < -0.39 is 11.9 Å². The van der Waals surface area contributed by atoms with Crippen LogP contribution in [0.5, 0.6) is 0 Å². The first-order valence-electron chi connectivity index (χ1n) is 8.09. The van der Waals surface area contributed by atoms with Crippen molar-refractivity contribution in [3.8, 4) is 0 Å². The zero-order chi connectivity index (χ0) is 18.3. The van der Waals surface area contributed by atoms with Gasteiger partial charge in [-0.3, -0.25) is 0 Å². The summed E-state index contributed by atoms with van der Waals surface area (Å²) in [5, 5.41) is 0. The molecule has 4 rings (SSSR count). The lowest BCUT2D eigenvalue weighted by Crippen LogP contribution is -2.35. The Hall–Kier alpha value is -2.91. The third kappa shape index (κ3) is 2.91. The van der Waals surface area contributed by atoms with E-state index in [4.69, 9.17) is 0 Å². The van der Waals surface area contributed by atoms with Gasteiger partial charge in [-0.25, -0.2) is 19.9 Å². The van der Waals surface area contributed by atoms with Crippen molar-refractivity contribution in [2.24, 2.45) is 0 Å². The highest BCUT2D eigenvalue weighted by Crippen LogP contribution is 2.31. The number of likely N-dealkylation sites (N-methyl/N-ethyl adjacent to an activating group) is 1. The van der Waals surface area contributed by atoms with Crippen molar-refractivity contribution in [2.75, 3.05) is 29.9 Å². The van der Waals surface area contributed by atoms with Crippen LogP contribution in [0.2, 0.25) is 0 Å². The molecule has 4 heterocycles. The number of fused-ring (bicyclic) bond motifs is 1. The molecule has 0 spiro atoms. The van der Waals surface area contributed by atoms with Gasteiger partial charge in [-0.2, -0.15) is 13.2 Å². The lowest BCUT2D eigenvalue weighted by Gasteiger charge is -2.25. The topological polar surface area (TPSA) is 62.5 Å². The number of hydrogen-bond donors (Lipinski definition) is 0. The molecule has 7 nitrogen and oxygen atoms in total. The number of alkyl halides is 3. The van der Waals surface area contributed by atoms with E-state index >= 15 is 0 Å². The third-order valence-electron chi connectivity index (χ3n) is 4.53. The van der Waals surface area contributed by atoms with Gasteiger partial charge in [0.15, 0.2) is 17.2 Å². The van der Waals surface area contributed by atoms with Gasteiger partial charge in [0, 0.05) is 51.1 Å². The summed E-state index contributed by atoms with van der Waals surface area (Å²) < 4.78 is 40.2. The number of rotatable bonds is 3. The standard InChI is InChI=1S/C16H16F3N7/c1-24(15-21-4-2-5-22-15)11-3-7-25(9-11)13-14-23-12(16(17,18)19)10-26(14)8-6-20-13/h2,4-6,8,10-11H,3,7,9H2,1H3. The largest absolute Gasteiger partial charge is 0.434 e. The van der Waals surface area contributed by atoms with E-state index in [1.807, 2.05) is 16.8 Å². The van der Waals surface area contributed by atoms with Crippen LogP contribution in [0.3, 0.4) is 0 Å². The summed E-state index contributed by atoms with van der Waals surface area (Å²) in [6.45, 7) is 1.28. The molecule has 3 aromatic rings. The van der Waals surface area contributed by atoms with Crippen LogP contribution >= 0.6 is 0 Å². The van der Waals surface area contributed by atoms with E-state index in [9.17, 15) is 13.2 Å². The predicted octanol–water partition coefficient (Wildman–Crippen LogP) is 2.25. The van der Waals surface area contributed by atoms with Crippen LogP contribution < -0.4 is 9.80 Å². The van der Waals surface area contributed by atoms with Crippen molar-refractivity contribution in [1.82, 2.24) is 24.3 Å². The molecule has 1 aliphatic heterocycles. The zero-order valence-corrected chi connectivity index (χ0v) is 13.9. The van der Waals surface area contributed by atoms with Crippen molar-refractivity contribution in [2.45, 2.75) is 18.6 Å². The van der Waals surface area contributed by atoms with Gasteiger partial charge in [0.25, 0.3) is 0 Å². The number of imidazole rings is 1. The van der Waals surface area contributed by atoms with Crippen LogP contribution in [-0.4, -0.2) is 50.5 Å². The van der Waals surface area contributed by atoms with Gasteiger partial charge in [0.2, 0.25) is 5.95 Å². The van der Waals surface area contributed by atoms with Crippen molar-refractivity contribution in [3.63, 3.8) is 0 Å². The maximum Gasteiger partial charge on any atom is 0.434 e. The first-order valence-corrected chi connectivity index (χ1v) is 8.09. The molecule has 0 amide bonds. The molecule has 10 heteroatoms. The SMILES string of the molecule is CN(c1ncccn1)C1CCN(c2nccn3cc(C(F)(F)F)nc23)C1. The molecule has 26 heavy (non-hydrogen) atoms. The van der Waals surface area contributed by atoms with Crippen LogP contribution in [0.4, 0.5) is 24.9 Å². The maximum absolute atomic E-state index is 13.0. The Morgan fingerprint density at radius 2 is 1.92 bits per heavy atom. The molecule has 1 atom stereocenters. The van der Waals surface area contributed by atoms with Gasteiger partial charge < -0.3 is 14.2 Å². The fraction of sp³-hybridized carbons (Fsp3) is 0.375. The van der Waals surface area contributed by atoms with Crippen molar-refractivity contribution in [3.05, 3.63) is 42.7 Å². The van der Waals surface area contributed by atoms with E-state index in [0.717, 1.165) is 12.6 Å². The number of halogens is 3. The average molecular weight is 363 g/mol. The first-order chi connectivity index (χ1) is 12.4. The molecule has 0 bridgehead atoms. The summed E-state index contributed by atoms with van der Waals surface area (Å²) in [5.41, 5.74) is -0.712. The fourth-order valence-corrected chi connectivity index (χ4v) is 3.15. The highest BCUT2D eigenvalue weighted by molar-refractivity contribution is 5.65. The molecule has 0 radical (unpaired) electrons. The van der Waals surface area contributed by atoms with Crippen molar-refractivity contribution < 1.29 is 13.2 Å². The smallest absolute Gasteiger partial charge is 0.351 e. The molecule has 3 aromatic heterocycles. The lowest BCUT2D eigenvalue weighted by atomic mass is 10.2. The van der Waals surface area contributed by atoms with Crippen LogP contribution in [-0.2, 0) is 6.18 Å². The van der Waals surface area contributed by atoms with Crippen molar-refractivity contribution >= 4 is 17.4 Å². The minimum absolute atomic E-state index is 0.136. The van der Waals surface area contributed by atoms with E-state index in [-0.39, 0.29) is 11.7 Å². The Morgan fingerprint density at radius 1 is 1.15 bits per heavy atom. The van der Waals surface area contributed by atoms with Crippen LogP contribution in [0, 0.1) is 0 Å². The Labute approximate surface area is 147 Å². The second kappa shape index (κ2) is 6.11.